The fourth-order valence-corrected chi connectivity index (χ4v) is 3.82. The Kier molecular flexibility index (Phi) is 5.58. The van der Waals surface area contributed by atoms with Gasteiger partial charge in [-0.3, -0.25) is 9.48 Å². The lowest BCUT2D eigenvalue weighted by atomic mass is 10.2. The van der Waals surface area contributed by atoms with Gasteiger partial charge in [-0.15, -0.1) is 11.3 Å². The lowest BCUT2D eigenvalue weighted by Gasteiger charge is -2.02. The molecule has 11 heteroatoms. The third-order valence-electron chi connectivity index (χ3n) is 4.49. The van der Waals surface area contributed by atoms with Crippen molar-refractivity contribution in [2.75, 3.05) is 5.32 Å². The highest BCUT2D eigenvalue weighted by atomic mass is 32.1. The van der Waals surface area contributed by atoms with Crippen LogP contribution in [-0.4, -0.2) is 30.4 Å². The number of rotatable bonds is 7. The van der Waals surface area contributed by atoms with E-state index in [1.807, 2.05) is 5.38 Å². The molecule has 1 aromatic carbocycles. The molecule has 0 fully saturated rings. The van der Waals surface area contributed by atoms with E-state index in [1.165, 1.54) is 40.4 Å². The SMILES string of the molecule is Cc1cc([N+](=O)[O-])nn1Cc1csc(C(=O)Nc2cnn(Cc3cccc(F)c3)c2)c1. The van der Waals surface area contributed by atoms with Gasteiger partial charge in [-0.2, -0.15) is 9.78 Å². The molecule has 3 aromatic heterocycles. The summed E-state index contributed by atoms with van der Waals surface area (Å²) in [5.41, 5.74) is 2.76. The second-order valence-electron chi connectivity index (χ2n) is 6.89. The second-order valence-corrected chi connectivity index (χ2v) is 7.80. The smallest absolute Gasteiger partial charge is 0.358 e. The molecule has 0 aliphatic heterocycles. The Morgan fingerprint density at radius 2 is 2.10 bits per heavy atom. The van der Waals surface area contributed by atoms with Gasteiger partial charge in [0.1, 0.15) is 5.82 Å². The van der Waals surface area contributed by atoms with Crippen LogP contribution in [-0.2, 0) is 13.1 Å². The van der Waals surface area contributed by atoms with Crippen molar-refractivity contribution in [2.24, 2.45) is 0 Å². The van der Waals surface area contributed by atoms with Crippen molar-refractivity contribution in [1.29, 1.82) is 0 Å². The van der Waals surface area contributed by atoms with Gasteiger partial charge in [0.25, 0.3) is 5.91 Å². The van der Waals surface area contributed by atoms with Crippen LogP contribution in [0.5, 0.6) is 0 Å². The lowest BCUT2D eigenvalue weighted by Crippen LogP contribution is -2.10. The molecule has 0 saturated heterocycles. The Hall–Kier alpha value is -3.86. The maximum Gasteiger partial charge on any atom is 0.390 e. The fraction of sp³-hybridized carbons (Fsp3) is 0.150. The summed E-state index contributed by atoms with van der Waals surface area (Å²) in [4.78, 5) is 23.4. The number of anilines is 1. The first-order valence-corrected chi connectivity index (χ1v) is 10.1. The number of aryl methyl sites for hydroxylation is 1. The minimum atomic E-state index is -0.537. The molecular weight excluding hydrogens is 423 g/mol. The summed E-state index contributed by atoms with van der Waals surface area (Å²) in [7, 11) is 0. The third kappa shape index (κ3) is 4.83. The topological polar surface area (TPSA) is 108 Å². The molecule has 0 bridgehead atoms. The Labute approximate surface area is 179 Å². The van der Waals surface area contributed by atoms with Crippen LogP contribution in [0.15, 0.2) is 54.2 Å². The first-order valence-electron chi connectivity index (χ1n) is 9.22. The molecule has 0 spiro atoms. The molecule has 4 aromatic rings. The van der Waals surface area contributed by atoms with E-state index < -0.39 is 4.92 Å². The molecule has 0 aliphatic rings. The van der Waals surface area contributed by atoms with Crippen LogP contribution in [0.1, 0.15) is 26.5 Å². The highest BCUT2D eigenvalue weighted by molar-refractivity contribution is 7.12. The number of benzene rings is 1. The Balaban J connectivity index is 1.39. The van der Waals surface area contributed by atoms with Crippen LogP contribution in [0.3, 0.4) is 0 Å². The van der Waals surface area contributed by atoms with Crippen molar-refractivity contribution in [2.45, 2.75) is 20.0 Å². The molecule has 0 saturated carbocycles. The van der Waals surface area contributed by atoms with Crippen LogP contribution in [0.4, 0.5) is 15.9 Å². The zero-order chi connectivity index (χ0) is 22.0. The average Bonchev–Trinajstić information content (AvgIpc) is 3.44. The van der Waals surface area contributed by atoms with E-state index in [0.29, 0.717) is 29.3 Å². The molecule has 1 N–H and O–H groups in total. The number of amides is 1. The minimum Gasteiger partial charge on any atom is -0.358 e. The number of carbonyl (C=O) groups excluding carboxylic acids is 1. The van der Waals surface area contributed by atoms with Gasteiger partial charge in [0, 0.05) is 6.20 Å². The lowest BCUT2D eigenvalue weighted by molar-refractivity contribution is -0.389. The zero-order valence-electron chi connectivity index (χ0n) is 16.4. The number of aromatic nitrogens is 4. The van der Waals surface area contributed by atoms with Gasteiger partial charge in [0.2, 0.25) is 0 Å². The summed E-state index contributed by atoms with van der Waals surface area (Å²) >= 11 is 1.27. The van der Waals surface area contributed by atoms with Crippen LogP contribution in [0.25, 0.3) is 0 Å². The van der Waals surface area contributed by atoms with Crippen molar-refractivity contribution >= 4 is 28.7 Å². The highest BCUT2D eigenvalue weighted by Gasteiger charge is 2.17. The quantitative estimate of drug-likeness (QED) is 0.347. The van der Waals surface area contributed by atoms with Crippen molar-refractivity contribution < 1.29 is 14.1 Å². The molecule has 158 valence electrons. The molecule has 4 rings (SSSR count). The number of nitro groups is 1. The maximum absolute atomic E-state index is 13.3. The Morgan fingerprint density at radius 3 is 2.84 bits per heavy atom. The number of hydrogen-bond donors (Lipinski definition) is 1. The Bertz CT molecular complexity index is 1260. The van der Waals surface area contributed by atoms with E-state index in [4.69, 9.17) is 0 Å². The summed E-state index contributed by atoms with van der Waals surface area (Å²) in [6, 6.07) is 9.37. The van der Waals surface area contributed by atoms with E-state index in [-0.39, 0.29) is 17.5 Å². The van der Waals surface area contributed by atoms with Crippen molar-refractivity contribution in [3.63, 3.8) is 0 Å². The van der Waals surface area contributed by atoms with Crippen LogP contribution >= 0.6 is 11.3 Å². The number of nitrogens with zero attached hydrogens (tertiary/aromatic N) is 5. The first-order chi connectivity index (χ1) is 14.9. The van der Waals surface area contributed by atoms with E-state index >= 15 is 0 Å². The van der Waals surface area contributed by atoms with Gasteiger partial charge in [-0.05, 0) is 46.6 Å². The number of hydrogen-bond acceptors (Lipinski definition) is 6. The molecule has 9 nitrogen and oxygen atoms in total. The zero-order valence-corrected chi connectivity index (χ0v) is 17.2. The summed E-state index contributed by atoms with van der Waals surface area (Å²) in [6.45, 7) is 2.45. The number of nitrogens with one attached hydrogen (secondary N) is 1. The molecular formula is C20H17FN6O3S. The monoisotopic (exact) mass is 440 g/mol. The molecule has 0 unspecified atom stereocenters. The van der Waals surface area contributed by atoms with Crippen molar-refractivity contribution in [3.8, 4) is 0 Å². The van der Waals surface area contributed by atoms with Crippen molar-refractivity contribution in [1.82, 2.24) is 19.6 Å². The first kappa shape index (κ1) is 20.4. The number of thiophene rings is 1. The Morgan fingerprint density at radius 1 is 1.26 bits per heavy atom. The molecule has 31 heavy (non-hydrogen) atoms. The summed E-state index contributed by atoms with van der Waals surface area (Å²) in [6.07, 6.45) is 3.20. The summed E-state index contributed by atoms with van der Waals surface area (Å²) in [5, 5.41) is 23.6. The second kappa shape index (κ2) is 8.48. The largest absolute Gasteiger partial charge is 0.390 e. The maximum atomic E-state index is 13.3. The van der Waals surface area contributed by atoms with E-state index in [0.717, 1.165) is 11.1 Å². The molecule has 1 amide bonds. The van der Waals surface area contributed by atoms with Gasteiger partial charge < -0.3 is 15.4 Å². The van der Waals surface area contributed by atoms with Gasteiger partial charge >= 0.3 is 5.82 Å². The predicted molar refractivity (Wildman–Crippen MR) is 113 cm³/mol. The number of halogens is 1. The highest BCUT2D eigenvalue weighted by Crippen LogP contribution is 2.20. The van der Waals surface area contributed by atoms with Gasteiger partial charge in [0.15, 0.2) is 0 Å². The standard InChI is InChI=1S/C20H17FN6O3S/c1-13-5-19(27(29)30)24-26(13)10-15-7-18(31-12-15)20(28)23-17-8-22-25(11-17)9-14-3-2-4-16(21)6-14/h2-8,11-12H,9-10H2,1H3,(H,23,28). The van der Waals surface area contributed by atoms with E-state index in [1.54, 1.807) is 36.0 Å². The van der Waals surface area contributed by atoms with Crippen molar-refractivity contribution in [3.05, 3.63) is 91.8 Å². The van der Waals surface area contributed by atoms with Crippen LogP contribution in [0, 0.1) is 22.9 Å². The van der Waals surface area contributed by atoms with Crippen LogP contribution < -0.4 is 5.32 Å². The normalized spacial score (nSPS) is 10.9. The van der Waals surface area contributed by atoms with Gasteiger partial charge in [-0.25, -0.2) is 4.39 Å². The van der Waals surface area contributed by atoms with Gasteiger partial charge in [-0.1, -0.05) is 12.1 Å². The molecule has 0 radical (unpaired) electrons. The molecule has 0 atom stereocenters. The number of carbonyl (C=O) groups is 1. The molecule has 3 heterocycles. The summed E-state index contributed by atoms with van der Waals surface area (Å²) < 4.78 is 16.4. The average molecular weight is 440 g/mol. The summed E-state index contributed by atoms with van der Waals surface area (Å²) in [5.74, 6) is -0.808. The van der Waals surface area contributed by atoms with Crippen LogP contribution in [0.2, 0.25) is 0 Å². The third-order valence-corrected chi connectivity index (χ3v) is 5.47. The predicted octanol–water partition coefficient (Wildman–Crippen LogP) is 3.85. The molecule has 0 aliphatic carbocycles. The van der Waals surface area contributed by atoms with E-state index in [2.05, 4.69) is 15.5 Å². The van der Waals surface area contributed by atoms with Gasteiger partial charge in [0.05, 0.1) is 46.7 Å². The van der Waals surface area contributed by atoms with E-state index in [9.17, 15) is 19.3 Å². The fourth-order valence-electron chi connectivity index (χ4n) is 3.02. The minimum absolute atomic E-state index is 0.207.